The maximum Gasteiger partial charge on any atom is 0.408 e. The van der Waals surface area contributed by atoms with E-state index in [2.05, 4.69) is 5.32 Å². The fourth-order valence-corrected chi connectivity index (χ4v) is 3.30. The van der Waals surface area contributed by atoms with Crippen molar-refractivity contribution in [3.8, 4) is 5.75 Å². The second kappa shape index (κ2) is 8.00. The highest BCUT2D eigenvalue weighted by atomic mass is 32.2. The van der Waals surface area contributed by atoms with Crippen LogP contribution < -0.4 is 9.50 Å². The molecule has 2 rings (SSSR count). The summed E-state index contributed by atoms with van der Waals surface area (Å²) in [4.78, 5) is 12.1. The third-order valence-electron chi connectivity index (χ3n) is 3.63. The molecule has 2 aromatic rings. The quantitative estimate of drug-likeness (QED) is 0.767. The Morgan fingerprint density at radius 3 is 2.22 bits per heavy atom. The summed E-state index contributed by atoms with van der Waals surface area (Å²) in [7, 11) is -3.99. The Kier molecular flexibility index (Phi) is 6.15. The predicted octanol–water partition coefficient (Wildman–Crippen LogP) is 4.35. The number of carbonyl (C=O) groups is 1. The summed E-state index contributed by atoms with van der Waals surface area (Å²) < 4.78 is 35.7. The molecule has 7 heteroatoms. The van der Waals surface area contributed by atoms with Crippen molar-refractivity contribution < 1.29 is 22.1 Å². The van der Waals surface area contributed by atoms with Gasteiger partial charge in [0.15, 0.2) is 0 Å². The topological polar surface area (TPSA) is 81.7 Å². The Morgan fingerprint density at radius 1 is 1.04 bits per heavy atom. The van der Waals surface area contributed by atoms with Gasteiger partial charge in [-0.25, -0.2) is 4.79 Å². The van der Waals surface area contributed by atoms with Crippen LogP contribution in [0, 0.1) is 6.92 Å². The van der Waals surface area contributed by atoms with Crippen LogP contribution in [0.25, 0.3) is 0 Å². The second-order valence-electron chi connectivity index (χ2n) is 7.26. The molecule has 0 spiro atoms. The van der Waals surface area contributed by atoms with Crippen molar-refractivity contribution in [3.05, 3.63) is 59.7 Å². The number of amides is 1. The molecule has 0 fully saturated rings. The lowest BCUT2D eigenvalue weighted by Gasteiger charge is -2.23. The molecule has 0 aliphatic rings. The van der Waals surface area contributed by atoms with Gasteiger partial charge in [0, 0.05) is 5.56 Å². The van der Waals surface area contributed by atoms with Crippen molar-refractivity contribution >= 4 is 16.2 Å². The van der Waals surface area contributed by atoms with Gasteiger partial charge in [-0.15, -0.1) is 0 Å². The molecule has 6 nitrogen and oxygen atoms in total. The van der Waals surface area contributed by atoms with E-state index in [0.717, 1.165) is 5.56 Å². The molecule has 0 bridgehead atoms. The molecule has 0 radical (unpaired) electrons. The summed E-state index contributed by atoms with van der Waals surface area (Å²) in [6, 6.07) is 12.5. The number of ether oxygens (including phenoxy) is 1. The monoisotopic (exact) mass is 391 g/mol. The molecule has 0 aromatic heterocycles. The van der Waals surface area contributed by atoms with Gasteiger partial charge in [0.2, 0.25) is 0 Å². The van der Waals surface area contributed by atoms with Crippen LogP contribution in [-0.4, -0.2) is 20.1 Å². The molecule has 0 heterocycles. The van der Waals surface area contributed by atoms with Gasteiger partial charge in [-0.3, -0.25) is 0 Å². The van der Waals surface area contributed by atoms with Crippen molar-refractivity contribution in [2.45, 2.75) is 51.2 Å². The van der Waals surface area contributed by atoms with Gasteiger partial charge >= 0.3 is 16.2 Å². The van der Waals surface area contributed by atoms with E-state index >= 15 is 0 Å². The molecule has 0 saturated heterocycles. The number of carbonyl (C=O) groups excluding carboxylic acids is 1. The minimum Gasteiger partial charge on any atom is -0.444 e. The molecular formula is C20H25NO5S. The number of aryl methyl sites for hydroxylation is 1. The Balaban J connectivity index is 2.22. The average Bonchev–Trinajstić information content (AvgIpc) is 2.53. The van der Waals surface area contributed by atoms with Crippen molar-refractivity contribution in [1.29, 1.82) is 0 Å². The van der Waals surface area contributed by atoms with Crippen LogP contribution in [0.4, 0.5) is 4.79 Å². The number of rotatable bonds is 5. The van der Waals surface area contributed by atoms with Gasteiger partial charge in [-0.05, 0) is 52.8 Å². The van der Waals surface area contributed by atoms with E-state index in [4.69, 9.17) is 8.92 Å². The summed E-state index contributed by atoms with van der Waals surface area (Å²) in [5.74, 6) is 0.154. The first-order valence-electron chi connectivity index (χ1n) is 8.57. The molecular weight excluding hydrogens is 366 g/mol. The van der Waals surface area contributed by atoms with E-state index in [1.165, 1.54) is 12.1 Å². The van der Waals surface area contributed by atoms with Gasteiger partial charge in [0.1, 0.15) is 16.2 Å². The summed E-state index contributed by atoms with van der Waals surface area (Å²) >= 11 is 0. The lowest BCUT2D eigenvalue weighted by atomic mass is 10.1. The SMILES string of the molecule is Cc1ccc(S(=O)(=O)Oc2ccccc2C(C)NC(=O)OC(C)(C)C)cc1. The smallest absolute Gasteiger partial charge is 0.408 e. The Labute approximate surface area is 160 Å². The molecule has 2 aromatic carbocycles. The summed E-state index contributed by atoms with van der Waals surface area (Å²) in [6.45, 7) is 8.90. The molecule has 0 aliphatic heterocycles. The Morgan fingerprint density at radius 2 is 1.63 bits per heavy atom. The van der Waals surface area contributed by atoms with Crippen LogP contribution in [0.15, 0.2) is 53.4 Å². The normalized spacial score (nSPS) is 12.9. The van der Waals surface area contributed by atoms with Gasteiger partial charge in [0.05, 0.1) is 6.04 Å². The first-order chi connectivity index (χ1) is 12.5. The fraction of sp³-hybridized carbons (Fsp3) is 0.350. The van der Waals surface area contributed by atoms with Gasteiger partial charge < -0.3 is 14.2 Å². The first kappa shape index (κ1) is 20.8. The molecule has 146 valence electrons. The number of para-hydroxylation sites is 1. The molecule has 1 amide bonds. The minimum atomic E-state index is -3.99. The molecule has 0 aliphatic carbocycles. The Bertz CT molecular complexity index is 899. The predicted molar refractivity (Wildman–Crippen MR) is 103 cm³/mol. The van der Waals surface area contributed by atoms with Crippen LogP contribution >= 0.6 is 0 Å². The van der Waals surface area contributed by atoms with E-state index in [-0.39, 0.29) is 10.6 Å². The number of hydrogen-bond acceptors (Lipinski definition) is 5. The zero-order chi connectivity index (χ0) is 20.2. The standard InChI is InChI=1S/C20H25NO5S/c1-14-10-12-16(13-11-14)27(23,24)26-18-9-7-6-8-17(18)15(2)21-19(22)25-20(3,4)5/h6-13,15H,1-5H3,(H,21,22). The first-order valence-corrected chi connectivity index (χ1v) is 9.98. The molecule has 27 heavy (non-hydrogen) atoms. The Hall–Kier alpha value is -2.54. The summed E-state index contributed by atoms with van der Waals surface area (Å²) in [5.41, 5.74) is 0.845. The highest BCUT2D eigenvalue weighted by Gasteiger charge is 2.23. The largest absolute Gasteiger partial charge is 0.444 e. The molecule has 1 N–H and O–H groups in total. The summed E-state index contributed by atoms with van der Waals surface area (Å²) in [6.07, 6.45) is -0.591. The molecule has 0 saturated carbocycles. The van der Waals surface area contributed by atoms with E-state index in [1.807, 2.05) is 6.92 Å². The van der Waals surface area contributed by atoms with Crippen molar-refractivity contribution in [1.82, 2.24) is 5.32 Å². The van der Waals surface area contributed by atoms with E-state index in [1.54, 1.807) is 64.1 Å². The van der Waals surface area contributed by atoms with Crippen LogP contribution in [0.5, 0.6) is 5.75 Å². The zero-order valence-electron chi connectivity index (χ0n) is 16.1. The fourth-order valence-electron chi connectivity index (χ4n) is 2.35. The van der Waals surface area contributed by atoms with Crippen molar-refractivity contribution in [2.24, 2.45) is 0 Å². The van der Waals surface area contributed by atoms with E-state index < -0.39 is 27.9 Å². The maximum absolute atomic E-state index is 12.6. The summed E-state index contributed by atoms with van der Waals surface area (Å²) in [5, 5.41) is 2.69. The van der Waals surface area contributed by atoms with Crippen molar-refractivity contribution in [3.63, 3.8) is 0 Å². The van der Waals surface area contributed by atoms with Crippen molar-refractivity contribution in [2.75, 3.05) is 0 Å². The lowest BCUT2D eigenvalue weighted by molar-refractivity contribution is 0.0508. The zero-order valence-corrected chi connectivity index (χ0v) is 17.0. The lowest BCUT2D eigenvalue weighted by Crippen LogP contribution is -2.34. The van der Waals surface area contributed by atoms with Gasteiger partial charge in [-0.1, -0.05) is 35.9 Å². The van der Waals surface area contributed by atoms with Crippen LogP contribution in [-0.2, 0) is 14.9 Å². The van der Waals surface area contributed by atoms with E-state index in [0.29, 0.717) is 5.56 Å². The third kappa shape index (κ3) is 5.99. The molecule has 1 atom stereocenters. The van der Waals surface area contributed by atoms with Gasteiger partial charge in [0.25, 0.3) is 0 Å². The van der Waals surface area contributed by atoms with Crippen LogP contribution in [0.2, 0.25) is 0 Å². The minimum absolute atomic E-state index is 0.0654. The average molecular weight is 391 g/mol. The number of nitrogens with one attached hydrogen (secondary N) is 1. The third-order valence-corrected chi connectivity index (χ3v) is 4.88. The maximum atomic E-state index is 12.6. The number of hydrogen-bond donors (Lipinski definition) is 1. The second-order valence-corrected chi connectivity index (χ2v) is 8.80. The van der Waals surface area contributed by atoms with Crippen LogP contribution in [0.1, 0.15) is 44.9 Å². The number of benzene rings is 2. The highest BCUT2D eigenvalue weighted by Crippen LogP contribution is 2.28. The molecule has 1 unspecified atom stereocenters. The van der Waals surface area contributed by atoms with E-state index in [9.17, 15) is 13.2 Å². The highest BCUT2D eigenvalue weighted by molar-refractivity contribution is 7.87. The van der Waals surface area contributed by atoms with Gasteiger partial charge in [-0.2, -0.15) is 8.42 Å². The number of alkyl carbamates (subject to hydrolysis) is 1. The van der Waals surface area contributed by atoms with Crippen LogP contribution in [0.3, 0.4) is 0 Å².